The average Bonchev–Trinajstić information content (AvgIpc) is 2.41. The Kier molecular flexibility index (Phi) is 3.37. The van der Waals surface area contributed by atoms with Gasteiger partial charge in [0.05, 0.1) is 4.92 Å². The predicted molar refractivity (Wildman–Crippen MR) is 68.4 cm³/mol. The number of benzene rings is 1. The monoisotopic (exact) mass is 262 g/mol. The molecule has 1 aromatic carbocycles. The van der Waals surface area contributed by atoms with E-state index in [9.17, 15) is 14.5 Å². The van der Waals surface area contributed by atoms with Crippen LogP contribution in [-0.4, -0.2) is 21.9 Å². The van der Waals surface area contributed by atoms with Gasteiger partial charge in [0.2, 0.25) is 5.95 Å². The van der Waals surface area contributed by atoms with Gasteiger partial charge in [-0.15, -0.1) is 0 Å². The molecule has 0 unspecified atom stereocenters. The van der Waals surface area contributed by atoms with Gasteiger partial charge in [-0.2, -0.15) is 0 Å². The van der Waals surface area contributed by atoms with Gasteiger partial charge in [0.1, 0.15) is 12.0 Å². The van der Waals surface area contributed by atoms with Crippen molar-refractivity contribution in [3.8, 4) is 11.3 Å². The van der Waals surface area contributed by atoms with Crippen LogP contribution in [0.2, 0.25) is 0 Å². The van der Waals surface area contributed by atoms with Gasteiger partial charge in [0, 0.05) is 12.6 Å². The molecule has 1 heterocycles. The van der Waals surface area contributed by atoms with Crippen molar-refractivity contribution in [1.82, 2.24) is 9.97 Å². The number of aromatic nitrogens is 2. The molecule has 0 aliphatic heterocycles. The largest absolute Gasteiger partial charge is 0.357 e. The first-order valence-corrected chi connectivity index (χ1v) is 5.48. The van der Waals surface area contributed by atoms with Gasteiger partial charge in [-0.3, -0.25) is 10.1 Å². The number of nitrogens with one attached hydrogen (secondary N) is 1. The van der Waals surface area contributed by atoms with E-state index in [4.69, 9.17) is 0 Å². The van der Waals surface area contributed by atoms with E-state index in [0.29, 0.717) is 11.1 Å². The van der Waals surface area contributed by atoms with Crippen LogP contribution in [0.25, 0.3) is 11.3 Å². The van der Waals surface area contributed by atoms with Gasteiger partial charge in [0.15, 0.2) is 5.69 Å². The molecule has 0 amide bonds. The van der Waals surface area contributed by atoms with E-state index in [2.05, 4.69) is 15.3 Å². The van der Waals surface area contributed by atoms with Gasteiger partial charge in [-0.05, 0) is 30.7 Å². The number of hydrogen-bond donors (Lipinski definition) is 1. The van der Waals surface area contributed by atoms with Gasteiger partial charge in [0.25, 0.3) is 0 Å². The number of rotatable bonds is 3. The van der Waals surface area contributed by atoms with Crippen molar-refractivity contribution in [2.45, 2.75) is 6.92 Å². The zero-order valence-corrected chi connectivity index (χ0v) is 10.3. The molecule has 1 N–H and O–H groups in total. The number of nitrogens with zero attached hydrogens (tertiary/aromatic N) is 3. The molecule has 2 aromatic rings. The molecule has 2 rings (SSSR count). The van der Waals surface area contributed by atoms with Crippen molar-refractivity contribution in [1.29, 1.82) is 0 Å². The third kappa shape index (κ3) is 2.49. The number of halogens is 1. The minimum Gasteiger partial charge on any atom is -0.357 e. The molecule has 0 aliphatic carbocycles. The molecule has 19 heavy (non-hydrogen) atoms. The number of hydrogen-bond acceptors (Lipinski definition) is 5. The molecule has 0 radical (unpaired) electrons. The molecule has 0 saturated heterocycles. The van der Waals surface area contributed by atoms with E-state index in [1.165, 1.54) is 18.2 Å². The topological polar surface area (TPSA) is 81.0 Å². The molecule has 7 heteroatoms. The predicted octanol–water partition coefficient (Wildman–Crippen LogP) is 2.54. The zero-order chi connectivity index (χ0) is 14.0. The van der Waals surface area contributed by atoms with Crippen LogP contribution in [0, 0.1) is 22.9 Å². The lowest BCUT2D eigenvalue weighted by Crippen LogP contribution is -2.02. The van der Waals surface area contributed by atoms with E-state index >= 15 is 0 Å². The van der Waals surface area contributed by atoms with Crippen LogP contribution in [0.5, 0.6) is 0 Å². The Morgan fingerprint density at radius 1 is 1.42 bits per heavy atom. The van der Waals surface area contributed by atoms with Crippen LogP contribution < -0.4 is 5.32 Å². The minimum atomic E-state index is -0.562. The molecular formula is C12H11FN4O2. The summed E-state index contributed by atoms with van der Waals surface area (Å²) < 4.78 is 13.2. The molecule has 0 atom stereocenters. The van der Waals surface area contributed by atoms with Gasteiger partial charge >= 0.3 is 5.69 Å². The molecule has 0 aliphatic rings. The lowest BCUT2D eigenvalue weighted by Gasteiger charge is -2.06. The fourth-order valence-electron chi connectivity index (χ4n) is 1.63. The minimum absolute atomic E-state index is 0.160. The Hall–Kier alpha value is -2.57. The highest BCUT2D eigenvalue weighted by atomic mass is 19.1. The summed E-state index contributed by atoms with van der Waals surface area (Å²) in [4.78, 5) is 18.3. The van der Waals surface area contributed by atoms with Crippen LogP contribution >= 0.6 is 0 Å². The molecule has 1 aromatic heterocycles. The zero-order valence-electron chi connectivity index (χ0n) is 10.3. The summed E-state index contributed by atoms with van der Waals surface area (Å²) >= 11 is 0. The first-order valence-electron chi connectivity index (χ1n) is 5.48. The van der Waals surface area contributed by atoms with Crippen LogP contribution in [-0.2, 0) is 0 Å². The quantitative estimate of drug-likeness (QED) is 0.679. The second-order valence-electron chi connectivity index (χ2n) is 3.90. The van der Waals surface area contributed by atoms with Crippen molar-refractivity contribution < 1.29 is 9.31 Å². The van der Waals surface area contributed by atoms with Gasteiger partial charge in [-0.1, -0.05) is 0 Å². The smallest absolute Gasteiger partial charge is 0.313 e. The van der Waals surface area contributed by atoms with Crippen LogP contribution in [0.3, 0.4) is 0 Å². The molecule has 6 nitrogen and oxygen atoms in total. The highest BCUT2D eigenvalue weighted by Gasteiger charge is 2.19. The highest BCUT2D eigenvalue weighted by Crippen LogP contribution is 2.29. The Morgan fingerprint density at radius 3 is 2.74 bits per heavy atom. The Balaban J connectivity index is 2.64. The number of nitro groups is 1. The van der Waals surface area contributed by atoms with Crippen LogP contribution in [0.1, 0.15) is 5.56 Å². The second-order valence-corrected chi connectivity index (χ2v) is 3.90. The first kappa shape index (κ1) is 12.9. The third-order valence-electron chi connectivity index (χ3n) is 2.62. The fraction of sp³-hybridized carbons (Fsp3) is 0.167. The Morgan fingerprint density at radius 2 is 2.16 bits per heavy atom. The van der Waals surface area contributed by atoms with Crippen LogP contribution in [0.15, 0.2) is 24.4 Å². The van der Waals surface area contributed by atoms with Crippen LogP contribution in [0.4, 0.5) is 16.0 Å². The Bertz CT molecular complexity index is 646. The summed E-state index contributed by atoms with van der Waals surface area (Å²) in [6, 6.07) is 4.23. The van der Waals surface area contributed by atoms with E-state index in [0.717, 1.165) is 6.20 Å². The maximum Gasteiger partial charge on any atom is 0.313 e. The number of anilines is 1. The highest BCUT2D eigenvalue weighted by molar-refractivity contribution is 5.70. The Labute approximate surface area is 108 Å². The summed E-state index contributed by atoms with van der Waals surface area (Å²) in [5.74, 6) is -0.100. The standard InChI is InChI=1S/C12H11FN4O2/c1-7-5-8(3-4-9(7)13)11-10(17(18)19)6-15-12(14-2)16-11/h3-6H,1-2H3,(H,14,15,16). The van der Waals surface area contributed by atoms with E-state index in [-0.39, 0.29) is 23.1 Å². The van der Waals surface area contributed by atoms with Crippen molar-refractivity contribution >= 4 is 11.6 Å². The molecule has 98 valence electrons. The summed E-state index contributed by atoms with van der Waals surface area (Å²) in [5.41, 5.74) is 0.818. The summed E-state index contributed by atoms with van der Waals surface area (Å²) in [6.07, 6.45) is 1.13. The SMILES string of the molecule is CNc1ncc([N+](=O)[O-])c(-c2ccc(F)c(C)c2)n1. The molecule has 0 fully saturated rings. The maximum absolute atomic E-state index is 13.2. The van der Waals surface area contributed by atoms with E-state index in [1.54, 1.807) is 14.0 Å². The summed E-state index contributed by atoms with van der Waals surface area (Å²) in [6.45, 7) is 1.59. The normalized spacial score (nSPS) is 10.3. The van der Waals surface area contributed by atoms with E-state index in [1.807, 2.05) is 0 Å². The van der Waals surface area contributed by atoms with Crippen molar-refractivity contribution in [3.05, 3.63) is 45.9 Å². The van der Waals surface area contributed by atoms with Gasteiger partial charge in [-0.25, -0.2) is 14.4 Å². The summed E-state index contributed by atoms with van der Waals surface area (Å²) in [5, 5.41) is 13.7. The van der Waals surface area contributed by atoms with Crippen molar-refractivity contribution in [3.63, 3.8) is 0 Å². The molecular weight excluding hydrogens is 251 g/mol. The average molecular weight is 262 g/mol. The molecule has 0 bridgehead atoms. The maximum atomic E-state index is 13.2. The lowest BCUT2D eigenvalue weighted by atomic mass is 10.1. The summed E-state index contributed by atoms with van der Waals surface area (Å²) in [7, 11) is 1.61. The van der Waals surface area contributed by atoms with E-state index < -0.39 is 4.92 Å². The van der Waals surface area contributed by atoms with Crippen molar-refractivity contribution in [2.24, 2.45) is 0 Å². The number of aryl methyl sites for hydroxylation is 1. The van der Waals surface area contributed by atoms with Crippen molar-refractivity contribution in [2.75, 3.05) is 12.4 Å². The fourth-order valence-corrected chi connectivity index (χ4v) is 1.63. The lowest BCUT2D eigenvalue weighted by molar-refractivity contribution is -0.384. The molecule has 0 saturated carbocycles. The first-order chi connectivity index (χ1) is 9.02. The third-order valence-corrected chi connectivity index (χ3v) is 2.62. The second kappa shape index (κ2) is 4.97. The van der Waals surface area contributed by atoms with Gasteiger partial charge < -0.3 is 5.32 Å². The molecule has 0 spiro atoms.